The number of allylic oxidation sites excluding steroid dienone is 7. The summed E-state index contributed by atoms with van der Waals surface area (Å²) in [7, 11) is 4.06. The van der Waals surface area contributed by atoms with Gasteiger partial charge in [-0.1, -0.05) is 90.7 Å². The average Bonchev–Trinajstić information content (AvgIpc) is 3.23. The van der Waals surface area contributed by atoms with Crippen molar-refractivity contribution < 1.29 is 14.7 Å². The first-order chi connectivity index (χ1) is 19.0. The monoisotopic (exact) mass is 561 g/mol. The predicted octanol–water partition coefficient (Wildman–Crippen LogP) is 8.71. The minimum Gasteiger partial charge on any atom is -0.511 e. The number of hydrogen-bond acceptors (Lipinski definition) is 5. The number of likely N-dealkylation sites (N-methyl/N-ethyl adjacent to an activating group) is 1. The highest BCUT2D eigenvalue weighted by atomic mass is 16.3. The lowest BCUT2D eigenvalue weighted by Crippen LogP contribution is -2.41. The lowest BCUT2D eigenvalue weighted by atomic mass is 9.75. The molecule has 0 amide bonds. The fourth-order valence-corrected chi connectivity index (χ4v) is 4.38. The molecule has 0 saturated carbocycles. The minimum absolute atomic E-state index is 0.00931. The topological polar surface area (TPSA) is 73.2 Å². The van der Waals surface area contributed by atoms with E-state index >= 15 is 0 Å². The lowest BCUT2D eigenvalue weighted by molar-refractivity contribution is -0.0987. The van der Waals surface area contributed by atoms with E-state index in [1.165, 1.54) is 29.6 Å². The first-order valence-corrected chi connectivity index (χ1v) is 15.0. The molecule has 0 spiro atoms. The number of aliphatic hydroxyl groups excluding tert-OH is 1. The van der Waals surface area contributed by atoms with Gasteiger partial charge in [0.05, 0.1) is 5.70 Å². The number of hydrogen-bond donors (Lipinski definition) is 1. The van der Waals surface area contributed by atoms with Gasteiger partial charge in [-0.3, -0.25) is 4.99 Å². The summed E-state index contributed by atoms with van der Waals surface area (Å²) in [6.45, 7) is 27.5. The molecule has 1 fully saturated rings. The van der Waals surface area contributed by atoms with E-state index in [9.17, 15) is 5.11 Å². The smallest absolute Gasteiger partial charge is 0.109 e. The summed E-state index contributed by atoms with van der Waals surface area (Å²) in [5.74, 6) is 1.49. The number of aliphatic imine (C=N–C) groups is 1. The fourth-order valence-electron chi connectivity index (χ4n) is 4.38. The molecule has 2 rings (SSSR count). The number of nitrogens with zero attached hydrogens (tertiary/aromatic N) is 3. The van der Waals surface area contributed by atoms with E-state index in [1.807, 2.05) is 27.5 Å². The maximum Gasteiger partial charge on any atom is 0.109 e. The van der Waals surface area contributed by atoms with Gasteiger partial charge in [0.1, 0.15) is 25.2 Å². The molecule has 1 saturated heterocycles. The van der Waals surface area contributed by atoms with Gasteiger partial charge < -0.3 is 24.5 Å². The molecule has 0 aromatic carbocycles. The van der Waals surface area contributed by atoms with Gasteiger partial charge in [-0.25, -0.2) is 0 Å². The molecule has 0 radical (unpaired) electrons. The third kappa shape index (κ3) is 14.8. The Morgan fingerprint density at radius 1 is 1.07 bits per heavy atom. The van der Waals surface area contributed by atoms with Crippen molar-refractivity contribution in [3.63, 3.8) is 0 Å². The molecule has 0 bridgehead atoms. The number of aliphatic hydroxyl groups is 1. The molecule has 6 nitrogen and oxygen atoms in total. The van der Waals surface area contributed by atoms with Crippen LogP contribution in [0, 0.1) is 5.41 Å². The van der Waals surface area contributed by atoms with Crippen LogP contribution in [0.5, 0.6) is 0 Å². The summed E-state index contributed by atoms with van der Waals surface area (Å²) in [4.78, 5) is 25.4. The predicted molar refractivity (Wildman–Crippen MR) is 176 cm³/mol. The normalized spacial score (nSPS) is 20.3. The summed E-state index contributed by atoms with van der Waals surface area (Å²) in [5, 5.41) is 10.5. The molecule has 1 heterocycles. The van der Waals surface area contributed by atoms with Crippen molar-refractivity contribution >= 4 is 19.4 Å². The second-order valence-corrected chi connectivity index (χ2v) is 10.8. The molecule has 40 heavy (non-hydrogen) atoms. The van der Waals surface area contributed by atoms with E-state index in [-0.39, 0.29) is 5.41 Å². The van der Waals surface area contributed by atoms with Crippen LogP contribution in [-0.4, -0.2) is 67.5 Å². The third-order valence-corrected chi connectivity index (χ3v) is 7.08. The van der Waals surface area contributed by atoms with Crippen molar-refractivity contribution in [2.45, 2.75) is 120 Å². The van der Waals surface area contributed by atoms with Crippen LogP contribution in [0.4, 0.5) is 0 Å². The van der Waals surface area contributed by atoms with E-state index < -0.39 is 0 Å². The standard InChI is InChI=1S/C26H43N3O.2C3H8.2CH2O/c1-9-22-12-11-19(3)15-23(16-22)26(6,10-2)17-25(27-7)29-18-20(4)28(8)14-13-24(29)21(5)30;2*1-3-2;2*1-2/h12,15-16,20,30H,9-11,13-14,17-18H2,1-8H3;2*3H2,1-2H3;2*1H2/b24-21+,27-25?;;;;. The Labute approximate surface area is 248 Å². The van der Waals surface area contributed by atoms with Gasteiger partial charge in [0.25, 0.3) is 0 Å². The zero-order chi connectivity index (χ0) is 31.9. The molecule has 0 aromatic rings. The molecule has 1 N–H and O–H groups in total. The number of rotatable bonds is 5. The van der Waals surface area contributed by atoms with Gasteiger partial charge in [0.15, 0.2) is 0 Å². The molecular weight excluding hydrogens is 498 g/mol. The molecular formula is C34H63N3O3. The second kappa shape index (κ2) is 24.3. The summed E-state index contributed by atoms with van der Waals surface area (Å²) in [6.07, 6.45) is 14.5. The van der Waals surface area contributed by atoms with Crippen molar-refractivity contribution in [1.82, 2.24) is 9.80 Å². The number of carbonyl (C=O) groups is 2. The molecule has 1 aliphatic carbocycles. The molecule has 2 unspecified atom stereocenters. The van der Waals surface area contributed by atoms with Gasteiger partial charge in [-0.05, 0) is 58.1 Å². The Morgan fingerprint density at radius 3 is 2.02 bits per heavy atom. The van der Waals surface area contributed by atoms with E-state index in [2.05, 4.69) is 97.4 Å². The molecule has 232 valence electrons. The second-order valence-electron chi connectivity index (χ2n) is 10.8. The highest BCUT2D eigenvalue weighted by Gasteiger charge is 2.33. The van der Waals surface area contributed by atoms with Crippen molar-refractivity contribution in [3.05, 3.63) is 46.4 Å². The van der Waals surface area contributed by atoms with Crippen LogP contribution in [0.2, 0.25) is 0 Å². The Morgan fingerprint density at radius 2 is 1.60 bits per heavy atom. The van der Waals surface area contributed by atoms with Gasteiger partial charge in [-0.2, -0.15) is 0 Å². The van der Waals surface area contributed by atoms with Crippen molar-refractivity contribution in [3.8, 4) is 0 Å². The van der Waals surface area contributed by atoms with Crippen LogP contribution in [0.1, 0.15) is 114 Å². The van der Waals surface area contributed by atoms with E-state index in [0.717, 1.165) is 56.7 Å². The average molecular weight is 562 g/mol. The molecule has 1 aliphatic heterocycles. The Balaban J connectivity index is -0.00000121. The molecule has 2 aliphatic rings. The van der Waals surface area contributed by atoms with Gasteiger partial charge in [0, 0.05) is 39.0 Å². The first-order valence-electron chi connectivity index (χ1n) is 15.0. The zero-order valence-electron chi connectivity index (χ0n) is 28.2. The summed E-state index contributed by atoms with van der Waals surface area (Å²) in [5.41, 5.74) is 5.24. The Hall–Kier alpha value is -2.47. The van der Waals surface area contributed by atoms with E-state index in [0.29, 0.717) is 11.8 Å². The van der Waals surface area contributed by atoms with E-state index in [4.69, 9.17) is 14.6 Å². The van der Waals surface area contributed by atoms with Gasteiger partial charge in [-0.15, -0.1) is 0 Å². The Kier molecular flexibility index (Phi) is 25.6. The van der Waals surface area contributed by atoms with Crippen LogP contribution in [0.25, 0.3) is 0 Å². The van der Waals surface area contributed by atoms with E-state index in [1.54, 1.807) is 0 Å². The summed E-state index contributed by atoms with van der Waals surface area (Å²) < 4.78 is 0. The van der Waals surface area contributed by atoms with Crippen LogP contribution < -0.4 is 0 Å². The largest absolute Gasteiger partial charge is 0.511 e. The van der Waals surface area contributed by atoms with Crippen molar-refractivity contribution in [1.29, 1.82) is 0 Å². The summed E-state index contributed by atoms with van der Waals surface area (Å²) >= 11 is 0. The highest BCUT2D eigenvalue weighted by molar-refractivity contribution is 5.85. The van der Waals surface area contributed by atoms with Crippen LogP contribution >= 0.6 is 0 Å². The van der Waals surface area contributed by atoms with Gasteiger partial charge >= 0.3 is 0 Å². The quantitative estimate of drug-likeness (QED) is 0.206. The van der Waals surface area contributed by atoms with Crippen LogP contribution in [-0.2, 0) is 9.59 Å². The summed E-state index contributed by atoms with van der Waals surface area (Å²) in [6, 6.07) is 0.403. The maximum atomic E-state index is 10.5. The van der Waals surface area contributed by atoms with Crippen LogP contribution in [0.15, 0.2) is 51.4 Å². The molecule has 6 heteroatoms. The highest BCUT2D eigenvalue weighted by Crippen LogP contribution is 2.40. The molecule has 0 aromatic heterocycles. The fraction of sp³-hybridized carbons (Fsp3) is 0.676. The first kappa shape index (κ1) is 42.0. The van der Waals surface area contributed by atoms with Crippen molar-refractivity contribution in [2.75, 3.05) is 27.2 Å². The van der Waals surface area contributed by atoms with Crippen LogP contribution in [0.3, 0.4) is 0 Å². The third-order valence-electron chi connectivity index (χ3n) is 7.08. The lowest BCUT2D eigenvalue weighted by Gasteiger charge is -2.36. The SMILES string of the molecule is C=O.C=O.CCC.CCC.CCC1=CCC(C)=CC(C(C)(CC)CC(=NC)N2CC(C)N(C)CC/C2=C(/C)O)=C1. The van der Waals surface area contributed by atoms with Crippen molar-refractivity contribution in [2.24, 2.45) is 10.4 Å². The Bertz CT molecular complexity index is 833. The number of carbonyl (C=O) groups excluding carboxylic acids is 2. The zero-order valence-corrected chi connectivity index (χ0v) is 28.2. The maximum absolute atomic E-state index is 10.5. The minimum atomic E-state index is -0.00931. The molecule has 2 atom stereocenters. The van der Waals surface area contributed by atoms with Gasteiger partial charge in [0.2, 0.25) is 0 Å². The number of amidine groups is 1.